The normalized spacial score (nSPS) is 27.0. The van der Waals surface area contributed by atoms with Gasteiger partial charge in [-0.2, -0.15) is 0 Å². The maximum Gasteiger partial charge on any atom is 0.291 e. The van der Waals surface area contributed by atoms with Crippen LogP contribution in [0, 0.1) is 11.8 Å². The summed E-state index contributed by atoms with van der Waals surface area (Å²) < 4.78 is 1.63. The number of fused-ring (bicyclic) bond motifs is 2. The van der Waals surface area contributed by atoms with E-state index in [2.05, 4.69) is 15.4 Å². The highest BCUT2D eigenvalue weighted by atomic mass is 16.2. The van der Waals surface area contributed by atoms with Crippen molar-refractivity contribution in [3.05, 3.63) is 42.5 Å². The summed E-state index contributed by atoms with van der Waals surface area (Å²) in [7, 11) is 0. The van der Waals surface area contributed by atoms with E-state index in [0.717, 1.165) is 18.0 Å². The second kappa shape index (κ2) is 4.98. The Morgan fingerprint density at radius 2 is 2.05 bits per heavy atom. The molecule has 21 heavy (non-hydrogen) atoms. The average molecular weight is 282 g/mol. The van der Waals surface area contributed by atoms with Crippen molar-refractivity contribution in [3.63, 3.8) is 0 Å². The summed E-state index contributed by atoms with van der Waals surface area (Å²) in [5.41, 5.74) is 0.906. The van der Waals surface area contributed by atoms with Gasteiger partial charge in [-0.3, -0.25) is 4.79 Å². The Balaban J connectivity index is 1.47. The van der Waals surface area contributed by atoms with Crippen molar-refractivity contribution < 1.29 is 4.79 Å². The van der Waals surface area contributed by atoms with Crippen LogP contribution < -0.4 is 5.32 Å². The minimum absolute atomic E-state index is 0.151. The molecule has 2 aromatic rings. The van der Waals surface area contributed by atoms with E-state index in [4.69, 9.17) is 0 Å². The van der Waals surface area contributed by atoms with E-state index >= 15 is 0 Å². The van der Waals surface area contributed by atoms with Gasteiger partial charge in [0.25, 0.3) is 5.91 Å². The van der Waals surface area contributed by atoms with Crippen molar-refractivity contribution >= 4 is 5.91 Å². The highest BCUT2D eigenvalue weighted by Gasteiger charge is 2.40. The Morgan fingerprint density at radius 3 is 2.76 bits per heavy atom. The number of hydrogen-bond donors (Lipinski definition) is 1. The van der Waals surface area contributed by atoms with Crippen LogP contribution in [0.4, 0.5) is 0 Å². The van der Waals surface area contributed by atoms with E-state index in [-0.39, 0.29) is 11.7 Å². The molecule has 1 N–H and O–H groups in total. The smallest absolute Gasteiger partial charge is 0.291 e. The number of amides is 1. The van der Waals surface area contributed by atoms with E-state index in [0.29, 0.717) is 12.0 Å². The Kier molecular flexibility index (Phi) is 2.98. The first-order valence-electron chi connectivity index (χ1n) is 7.57. The lowest BCUT2D eigenvalue weighted by Gasteiger charge is -2.22. The van der Waals surface area contributed by atoms with Gasteiger partial charge in [-0.05, 0) is 43.2 Å². The largest absolute Gasteiger partial charge is 0.346 e. The maximum atomic E-state index is 12.3. The molecule has 1 heterocycles. The van der Waals surface area contributed by atoms with Crippen molar-refractivity contribution in [2.75, 3.05) is 0 Å². The van der Waals surface area contributed by atoms with Crippen molar-refractivity contribution in [2.24, 2.45) is 11.8 Å². The predicted octanol–water partition coefficient (Wildman–Crippen LogP) is 2.19. The Labute approximate surface area is 123 Å². The van der Waals surface area contributed by atoms with Crippen LogP contribution in [0.2, 0.25) is 0 Å². The Hall–Kier alpha value is -2.17. The lowest BCUT2D eigenvalue weighted by molar-refractivity contribution is 0.0912. The van der Waals surface area contributed by atoms with Gasteiger partial charge >= 0.3 is 0 Å². The van der Waals surface area contributed by atoms with Crippen molar-refractivity contribution in [1.29, 1.82) is 0 Å². The first kappa shape index (κ1) is 12.6. The average Bonchev–Trinajstić information content (AvgIpc) is 3.24. The molecule has 4 rings (SSSR count). The molecule has 2 aliphatic rings. The molecule has 2 fully saturated rings. The second-order valence-corrected chi connectivity index (χ2v) is 6.10. The fourth-order valence-corrected chi connectivity index (χ4v) is 3.73. The lowest BCUT2D eigenvalue weighted by atomic mass is 9.95. The molecule has 1 aromatic heterocycles. The quantitative estimate of drug-likeness (QED) is 0.938. The molecule has 0 saturated heterocycles. The second-order valence-electron chi connectivity index (χ2n) is 6.10. The number of carbonyl (C=O) groups is 1. The van der Waals surface area contributed by atoms with Crippen LogP contribution in [0.5, 0.6) is 0 Å². The minimum Gasteiger partial charge on any atom is -0.346 e. The summed E-state index contributed by atoms with van der Waals surface area (Å²) in [6, 6.07) is 10.0. The number of benzene rings is 1. The van der Waals surface area contributed by atoms with Crippen molar-refractivity contribution in [3.8, 4) is 5.69 Å². The van der Waals surface area contributed by atoms with Crippen LogP contribution >= 0.6 is 0 Å². The van der Waals surface area contributed by atoms with Crippen LogP contribution in [0.3, 0.4) is 0 Å². The van der Waals surface area contributed by atoms with Gasteiger partial charge in [0.1, 0.15) is 6.33 Å². The van der Waals surface area contributed by atoms with Gasteiger partial charge in [0, 0.05) is 6.04 Å². The summed E-state index contributed by atoms with van der Waals surface area (Å²) in [6.07, 6.45) is 6.57. The summed E-state index contributed by atoms with van der Waals surface area (Å²) >= 11 is 0. The van der Waals surface area contributed by atoms with Crippen LogP contribution in [0.15, 0.2) is 36.7 Å². The van der Waals surface area contributed by atoms with E-state index in [1.54, 1.807) is 11.0 Å². The van der Waals surface area contributed by atoms with Gasteiger partial charge in [-0.25, -0.2) is 9.67 Å². The number of rotatable bonds is 3. The van der Waals surface area contributed by atoms with E-state index in [9.17, 15) is 4.79 Å². The molecule has 2 bridgehead atoms. The lowest BCUT2D eigenvalue weighted by Crippen LogP contribution is -2.39. The van der Waals surface area contributed by atoms with Crippen molar-refractivity contribution in [1.82, 2.24) is 20.1 Å². The Morgan fingerprint density at radius 1 is 1.19 bits per heavy atom. The molecular weight excluding hydrogens is 264 g/mol. The molecule has 108 valence electrons. The molecule has 3 unspecified atom stereocenters. The highest BCUT2D eigenvalue weighted by Crippen LogP contribution is 2.44. The predicted molar refractivity (Wildman–Crippen MR) is 78.1 cm³/mol. The first-order valence-corrected chi connectivity index (χ1v) is 7.57. The SMILES string of the molecule is O=C(NC1CC2CCC1C2)c1ncn(-c2ccccc2)n1. The molecule has 3 atom stereocenters. The highest BCUT2D eigenvalue weighted by molar-refractivity contribution is 5.90. The zero-order valence-corrected chi connectivity index (χ0v) is 11.8. The third kappa shape index (κ3) is 2.33. The van der Waals surface area contributed by atoms with Gasteiger partial charge < -0.3 is 5.32 Å². The van der Waals surface area contributed by atoms with E-state index in [1.807, 2.05) is 30.3 Å². The molecule has 5 heteroatoms. The third-order valence-electron chi connectivity index (χ3n) is 4.77. The number of aromatic nitrogens is 3. The fraction of sp³-hybridized carbons (Fsp3) is 0.438. The maximum absolute atomic E-state index is 12.3. The van der Waals surface area contributed by atoms with Crippen molar-refractivity contribution in [2.45, 2.75) is 31.7 Å². The molecule has 0 radical (unpaired) electrons. The zero-order chi connectivity index (χ0) is 14.2. The topological polar surface area (TPSA) is 59.8 Å². The van der Waals surface area contributed by atoms with Crippen LogP contribution in [0.25, 0.3) is 5.69 Å². The summed E-state index contributed by atoms with van der Waals surface area (Å²) in [4.78, 5) is 16.4. The standard InChI is InChI=1S/C16H18N4O/c21-16(18-14-9-11-6-7-12(14)8-11)15-17-10-20(19-15)13-4-2-1-3-5-13/h1-5,10-12,14H,6-9H2,(H,18,21). The summed E-state index contributed by atoms with van der Waals surface area (Å²) in [5.74, 6) is 1.58. The number of para-hydroxylation sites is 1. The molecule has 0 aliphatic heterocycles. The third-order valence-corrected chi connectivity index (χ3v) is 4.77. The fourth-order valence-electron chi connectivity index (χ4n) is 3.73. The number of nitrogens with zero attached hydrogens (tertiary/aromatic N) is 3. The molecule has 5 nitrogen and oxygen atoms in total. The minimum atomic E-state index is -0.151. The number of nitrogens with one attached hydrogen (secondary N) is 1. The van der Waals surface area contributed by atoms with Crippen LogP contribution in [-0.4, -0.2) is 26.7 Å². The van der Waals surface area contributed by atoms with Crippen LogP contribution in [0.1, 0.15) is 36.3 Å². The van der Waals surface area contributed by atoms with E-state index < -0.39 is 0 Å². The first-order chi connectivity index (χ1) is 10.3. The number of hydrogen-bond acceptors (Lipinski definition) is 3. The van der Waals surface area contributed by atoms with Gasteiger partial charge in [0.05, 0.1) is 5.69 Å². The monoisotopic (exact) mass is 282 g/mol. The summed E-state index contributed by atoms with van der Waals surface area (Å²) in [5, 5.41) is 7.39. The zero-order valence-electron chi connectivity index (χ0n) is 11.8. The number of carbonyl (C=O) groups excluding carboxylic acids is 1. The van der Waals surface area contributed by atoms with Gasteiger partial charge in [0.2, 0.25) is 5.82 Å². The van der Waals surface area contributed by atoms with Crippen LogP contribution in [-0.2, 0) is 0 Å². The molecule has 1 aromatic carbocycles. The molecule has 0 spiro atoms. The van der Waals surface area contributed by atoms with Gasteiger partial charge in [0.15, 0.2) is 0 Å². The Bertz CT molecular complexity index is 651. The van der Waals surface area contributed by atoms with Gasteiger partial charge in [-0.1, -0.05) is 24.6 Å². The molecular formula is C16H18N4O. The summed E-state index contributed by atoms with van der Waals surface area (Å²) in [6.45, 7) is 0. The molecule has 1 amide bonds. The van der Waals surface area contributed by atoms with E-state index in [1.165, 1.54) is 19.3 Å². The van der Waals surface area contributed by atoms with Gasteiger partial charge in [-0.15, -0.1) is 5.10 Å². The molecule has 2 saturated carbocycles. The molecule has 2 aliphatic carbocycles.